The topological polar surface area (TPSA) is 55.1 Å². The maximum atomic E-state index is 11.3. The van der Waals surface area contributed by atoms with Crippen LogP contribution in [0.5, 0.6) is 0 Å². The van der Waals surface area contributed by atoms with Crippen molar-refractivity contribution in [1.29, 1.82) is 0 Å². The number of primary amides is 1. The Bertz CT molecular complexity index is 607. The summed E-state index contributed by atoms with van der Waals surface area (Å²) in [5, 5.41) is 3.18. The molecule has 2 unspecified atom stereocenters. The highest BCUT2D eigenvalue weighted by Gasteiger charge is 2.25. The first-order valence-corrected chi connectivity index (χ1v) is 7.42. The number of amides is 1. The minimum absolute atomic E-state index is 0.197. The highest BCUT2D eigenvalue weighted by Crippen LogP contribution is 2.29. The molecule has 2 atom stereocenters. The smallest absolute Gasteiger partial charge is 0.234 e. The first kappa shape index (κ1) is 13.8. The highest BCUT2D eigenvalue weighted by molar-refractivity contribution is 5.80. The van der Waals surface area contributed by atoms with Gasteiger partial charge in [0.15, 0.2) is 0 Å². The summed E-state index contributed by atoms with van der Waals surface area (Å²) in [5.74, 6) is 0.161. The van der Waals surface area contributed by atoms with Gasteiger partial charge in [0.25, 0.3) is 0 Å². The zero-order valence-electron chi connectivity index (χ0n) is 12.0. The summed E-state index contributed by atoms with van der Waals surface area (Å²) in [7, 11) is 0. The van der Waals surface area contributed by atoms with Crippen molar-refractivity contribution >= 4 is 5.91 Å². The monoisotopic (exact) mass is 280 g/mol. The third-order valence-electron chi connectivity index (χ3n) is 4.24. The molecular weight excluding hydrogens is 260 g/mol. The van der Waals surface area contributed by atoms with E-state index in [1.54, 1.807) is 0 Å². The number of rotatable bonds is 3. The van der Waals surface area contributed by atoms with E-state index in [1.165, 1.54) is 16.7 Å². The third kappa shape index (κ3) is 3.14. The van der Waals surface area contributed by atoms with Gasteiger partial charge in [-0.1, -0.05) is 54.6 Å². The molecule has 1 fully saturated rings. The molecule has 0 saturated carbocycles. The predicted octanol–water partition coefficient (Wildman–Crippen LogP) is 2.67. The molecule has 0 aliphatic carbocycles. The van der Waals surface area contributed by atoms with Crippen LogP contribution in [0.2, 0.25) is 0 Å². The Balaban J connectivity index is 1.76. The second-order valence-corrected chi connectivity index (χ2v) is 5.62. The number of hydrogen-bond donors (Lipinski definition) is 2. The summed E-state index contributed by atoms with van der Waals surface area (Å²) in [6, 6.07) is 18.8. The highest BCUT2D eigenvalue weighted by atomic mass is 16.1. The molecule has 0 spiro atoms. The second kappa shape index (κ2) is 6.10. The molecule has 1 saturated heterocycles. The van der Waals surface area contributed by atoms with Gasteiger partial charge >= 0.3 is 0 Å². The molecule has 108 valence electrons. The molecule has 1 aliphatic heterocycles. The quantitative estimate of drug-likeness (QED) is 0.908. The predicted molar refractivity (Wildman–Crippen MR) is 84.8 cm³/mol. The molecule has 2 aromatic carbocycles. The van der Waals surface area contributed by atoms with E-state index in [1.807, 2.05) is 18.2 Å². The van der Waals surface area contributed by atoms with E-state index in [-0.39, 0.29) is 11.9 Å². The normalized spacial score (nSPS) is 21.9. The van der Waals surface area contributed by atoms with E-state index in [4.69, 9.17) is 5.73 Å². The molecule has 3 heteroatoms. The van der Waals surface area contributed by atoms with Gasteiger partial charge in [0, 0.05) is 0 Å². The van der Waals surface area contributed by atoms with E-state index >= 15 is 0 Å². The van der Waals surface area contributed by atoms with Crippen LogP contribution < -0.4 is 11.1 Å². The Morgan fingerprint density at radius 2 is 1.67 bits per heavy atom. The Morgan fingerprint density at radius 1 is 1.00 bits per heavy atom. The number of nitrogens with two attached hydrogens (primary N) is 1. The molecule has 0 bridgehead atoms. The van der Waals surface area contributed by atoms with Crippen LogP contribution in [0.3, 0.4) is 0 Å². The Hall–Kier alpha value is -2.13. The maximum Gasteiger partial charge on any atom is 0.234 e. The molecule has 1 aliphatic rings. The summed E-state index contributed by atoms with van der Waals surface area (Å²) >= 11 is 0. The van der Waals surface area contributed by atoms with Crippen LogP contribution in [0.1, 0.15) is 24.3 Å². The number of carbonyl (C=O) groups is 1. The minimum atomic E-state index is -0.249. The van der Waals surface area contributed by atoms with Crippen molar-refractivity contribution in [2.45, 2.75) is 24.8 Å². The van der Waals surface area contributed by atoms with E-state index in [0.29, 0.717) is 5.92 Å². The maximum absolute atomic E-state index is 11.3. The van der Waals surface area contributed by atoms with Crippen LogP contribution in [-0.2, 0) is 4.79 Å². The third-order valence-corrected chi connectivity index (χ3v) is 4.24. The van der Waals surface area contributed by atoms with Gasteiger partial charge in [-0.2, -0.15) is 0 Å². The number of benzene rings is 2. The van der Waals surface area contributed by atoms with Gasteiger partial charge in [-0.25, -0.2) is 0 Å². The SMILES string of the molecule is NC(=O)C1CC(c2ccc(-c3ccccc3)cc2)CCN1. The van der Waals surface area contributed by atoms with Gasteiger partial charge in [0.05, 0.1) is 6.04 Å². The van der Waals surface area contributed by atoms with Gasteiger partial charge < -0.3 is 11.1 Å². The van der Waals surface area contributed by atoms with Gasteiger partial charge in [-0.05, 0) is 42.0 Å². The fourth-order valence-corrected chi connectivity index (χ4v) is 3.02. The van der Waals surface area contributed by atoms with Crippen LogP contribution in [0.4, 0.5) is 0 Å². The number of hydrogen-bond acceptors (Lipinski definition) is 2. The lowest BCUT2D eigenvalue weighted by atomic mass is 9.85. The van der Waals surface area contributed by atoms with Crippen molar-refractivity contribution in [2.24, 2.45) is 5.73 Å². The second-order valence-electron chi connectivity index (χ2n) is 5.62. The molecular formula is C18H20N2O. The number of nitrogens with one attached hydrogen (secondary N) is 1. The molecule has 0 aromatic heterocycles. The summed E-state index contributed by atoms with van der Waals surface area (Å²) in [6.45, 7) is 0.846. The van der Waals surface area contributed by atoms with Crippen molar-refractivity contribution in [2.75, 3.05) is 6.54 Å². The lowest BCUT2D eigenvalue weighted by molar-refractivity contribution is -0.120. The van der Waals surface area contributed by atoms with Gasteiger partial charge in [-0.15, -0.1) is 0 Å². The molecule has 2 aromatic rings. The fourth-order valence-electron chi connectivity index (χ4n) is 3.02. The molecule has 21 heavy (non-hydrogen) atoms. The summed E-state index contributed by atoms with van der Waals surface area (Å²) in [5.41, 5.74) is 9.15. The standard InChI is InChI=1S/C18H20N2O/c19-18(21)17-12-16(10-11-20-17)15-8-6-14(7-9-15)13-4-2-1-3-5-13/h1-9,16-17,20H,10-12H2,(H2,19,21). The lowest BCUT2D eigenvalue weighted by Crippen LogP contribution is -2.46. The Labute approximate surface area is 125 Å². The van der Waals surface area contributed by atoms with Crippen molar-refractivity contribution in [1.82, 2.24) is 5.32 Å². The van der Waals surface area contributed by atoms with Crippen molar-refractivity contribution in [3.63, 3.8) is 0 Å². The first-order chi connectivity index (χ1) is 10.2. The van der Waals surface area contributed by atoms with Crippen molar-refractivity contribution in [3.05, 3.63) is 60.2 Å². The van der Waals surface area contributed by atoms with Crippen molar-refractivity contribution in [3.8, 4) is 11.1 Å². The largest absolute Gasteiger partial charge is 0.368 e. The van der Waals surface area contributed by atoms with E-state index in [9.17, 15) is 4.79 Å². The van der Waals surface area contributed by atoms with E-state index in [2.05, 4.69) is 41.7 Å². The zero-order valence-corrected chi connectivity index (χ0v) is 12.0. The molecule has 3 nitrogen and oxygen atoms in total. The molecule has 0 radical (unpaired) electrons. The number of carbonyl (C=O) groups excluding carboxylic acids is 1. The molecule has 3 rings (SSSR count). The zero-order chi connectivity index (χ0) is 14.7. The summed E-state index contributed by atoms with van der Waals surface area (Å²) in [4.78, 5) is 11.3. The van der Waals surface area contributed by atoms with Crippen LogP contribution in [0.15, 0.2) is 54.6 Å². The van der Waals surface area contributed by atoms with Crippen LogP contribution >= 0.6 is 0 Å². The van der Waals surface area contributed by atoms with Gasteiger partial charge in [-0.3, -0.25) is 4.79 Å². The van der Waals surface area contributed by atoms with Crippen LogP contribution in [0, 0.1) is 0 Å². The van der Waals surface area contributed by atoms with Crippen LogP contribution in [-0.4, -0.2) is 18.5 Å². The average Bonchev–Trinajstić information content (AvgIpc) is 2.56. The Kier molecular flexibility index (Phi) is 4.02. The van der Waals surface area contributed by atoms with E-state index < -0.39 is 0 Å². The van der Waals surface area contributed by atoms with E-state index in [0.717, 1.165) is 19.4 Å². The summed E-state index contributed by atoms with van der Waals surface area (Å²) in [6.07, 6.45) is 1.84. The molecule has 1 amide bonds. The van der Waals surface area contributed by atoms with Crippen LogP contribution in [0.25, 0.3) is 11.1 Å². The minimum Gasteiger partial charge on any atom is -0.368 e. The average molecular weight is 280 g/mol. The Morgan fingerprint density at radius 3 is 2.33 bits per heavy atom. The van der Waals surface area contributed by atoms with Crippen molar-refractivity contribution < 1.29 is 4.79 Å². The fraction of sp³-hybridized carbons (Fsp3) is 0.278. The molecule has 1 heterocycles. The lowest BCUT2D eigenvalue weighted by Gasteiger charge is -2.28. The first-order valence-electron chi connectivity index (χ1n) is 7.42. The number of piperidine rings is 1. The van der Waals surface area contributed by atoms with Gasteiger partial charge in [0.1, 0.15) is 0 Å². The van der Waals surface area contributed by atoms with Gasteiger partial charge in [0.2, 0.25) is 5.91 Å². The summed E-state index contributed by atoms with van der Waals surface area (Å²) < 4.78 is 0. The molecule has 3 N–H and O–H groups in total.